The topological polar surface area (TPSA) is 39.1 Å². The van der Waals surface area contributed by atoms with Crippen molar-refractivity contribution in [2.75, 3.05) is 13.2 Å². The van der Waals surface area contributed by atoms with E-state index in [1.165, 1.54) is 5.56 Å². The van der Waals surface area contributed by atoms with Gasteiger partial charge in [-0.2, -0.15) is 5.10 Å². The average molecular weight is 223 g/mol. The molecule has 0 aromatic carbocycles. The van der Waals surface area contributed by atoms with Gasteiger partial charge in [0.1, 0.15) is 0 Å². The van der Waals surface area contributed by atoms with Crippen LogP contribution in [0.1, 0.15) is 32.3 Å². The van der Waals surface area contributed by atoms with Crippen molar-refractivity contribution in [1.82, 2.24) is 15.1 Å². The van der Waals surface area contributed by atoms with E-state index in [-0.39, 0.29) is 5.54 Å². The van der Waals surface area contributed by atoms with Crippen molar-refractivity contribution in [3.8, 4) is 0 Å². The number of hydrogen-bond donors (Lipinski definition) is 1. The second-order valence-electron chi connectivity index (χ2n) is 5.06. The van der Waals surface area contributed by atoms with Gasteiger partial charge in [0.25, 0.3) is 0 Å². The Morgan fingerprint density at radius 2 is 2.12 bits per heavy atom. The first-order valence-corrected chi connectivity index (χ1v) is 5.92. The van der Waals surface area contributed by atoms with Gasteiger partial charge in [-0.15, -0.1) is 0 Å². The van der Waals surface area contributed by atoms with Gasteiger partial charge in [0, 0.05) is 43.6 Å². The van der Waals surface area contributed by atoms with Crippen molar-refractivity contribution in [2.45, 2.75) is 38.3 Å². The van der Waals surface area contributed by atoms with E-state index in [0.29, 0.717) is 6.04 Å². The van der Waals surface area contributed by atoms with Crippen LogP contribution in [-0.4, -0.2) is 29.0 Å². The molecule has 0 amide bonds. The molecule has 0 radical (unpaired) electrons. The van der Waals surface area contributed by atoms with Crippen LogP contribution in [-0.2, 0) is 17.3 Å². The zero-order chi connectivity index (χ0) is 11.6. The number of nitrogens with one attached hydrogen (secondary N) is 1. The van der Waals surface area contributed by atoms with Gasteiger partial charge < -0.3 is 10.1 Å². The van der Waals surface area contributed by atoms with Crippen molar-refractivity contribution in [3.05, 3.63) is 18.0 Å². The number of nitrogens with zero attached hydrogens (tertiary/aromatic N) is 2. The van der Waals surface area contributed by atoms with Gasteiger partial charge >= 0.3 is 0 Å². The summed E-state index contributed by atoms with van der Waals surface area (Å²) in [6.45, 7) is 6.17. The molecule has 0 unspecified atom stereocenters. The van der Waals surface area contributed by atoms with Crippen LogP contribution in [0.3, 0.4) is 0 Å². The molecule has 0 spiro atoms. The molecule has 2 heterocycles. The number of hydrogen-bond acceptors (Lipinski definition) is 3. The second-order valence-corrected chi connectivity index (χ2v) is 5.06. The van der Waals surface area contributed by atoms with Gasteiger partial charge in [-0.05, 0) is 26.7 Å². The molecule has 1 fully saturated rings. The number of rotatable bonds is 3. The molecule has 2 rings (SSSR count). The van der Waals surface area contributed by atoms with Crippen molar-refractivity contribution in [1.29, 1.82) is 0 Å². The Morgan fingerprint density at radius 3 is 2.69 bits per heavy atom. The summed E-state index contributed by atoms with van der Waals surface area (Å²) in [7, 11) is 1.95. The molecule has 1 N–H and O–H groups in total. The molecule has 1 aliphatic rings. The standard InChI is InChI=1S/C12H21N3O/c1-12(2,10-8-13-15(3)9-10)14-11-4-6-16-7-5-11/h8-9,11,14H,4-7H2,1-3H3. The minimum absolute atomic E-state index is 0.0176. The molecule has 1 aromatic heterocycles. The van der Waals surface area contributed by atoms with Crippen LogP contribution in [0.15, 0.2) is 12.4 Å². The lowest BCUT2D eigenvalue weighted by Gasteiger charge is -2.33. The zero-order valence-electron chi connectivity index (χ0n) is 10.4. The van der Waals surface area contributed by atoms with Crippen LogP contribution in [0.4, 0.5) is 0 Å². The molecule has 4 nitrogen and oxygen atoms in total. The lowest BCUT2D eigenvalue weighted by atomic mass is 9.94. The summed E-state index contributed by atoms with van der Waals surface area (Å²) in [5, 5.41) is 7.92. The van der Waals surface area contributed by atoms with Gasteiger partial charge in [0.2, 0.25) is 0 Å². The highest BCUT2D eigenvalue weighted by atomic mass is 16.5. The summed E-state index contributed by atoms with van der Waals surface area (Å²) >= 11 is 0. The van der Waals surface area contributed by atoms with E-state index in [1.807, 2.05) is 17.9 Å². The third kappa shape index (κ3) is 2.62. The summed E-state index contributed by atoms with van der Waals surface area (Å²) in [4.78, 5) is 0. The van der Waals surface area contributed by atoms with E-state index in [9.17, 15) is 0 Å². The molecule has 90 valence electrons. The number of aryl methyl sites for hydroxylation is 1. The van der Waals surface area contributed by atoms with Gasteiger partial charge in [0.15, 0.2) is 0 Å². The highest BCUT2D eigenvalue weighted by Crippen LogP contribution is 2.22. The molecule has 4 heteroatoms. The van der Waals surface area contributed by atoms with Gasteiger partial charge in [-0.3, -0.25) is 4.68 Å². The molecule has 0 saturated carbocycles. The van der Waals surface area contributed by atoms with Crippen LogP contribution < -0.4 is 5.32 Å². The smallest absolute Gasteiger partial charge is 0.0540 e. The first-order chi connectivity index (χ1) is 7.58. The largest absolute Gasteiger partial charge is 0.381 e. The molecule has 0 aliphatic carbocycles. The predicted octanol–water partition coefficient (Wildman–Crippen LogP) is 1.42. The Balaban J connectivity index is 2.01. The fourth-order valence-electron chi connectivity index (χ4n) is 2.18. The van der Waals surface area contributed by atoms with E-state index >= 15 is 0 Å². The van der Waals surface area contributed by atoms with Crippen LogP contribution in [0.2, 0.25) is 0 Å². The lowest BCUT2D eigenvalue weighted by molar-refractivity contribution is 0.0699. The third-order valence-electron chi connectivity index (χ3n) is 3.21. The minimum atomic E-state index is -0.0176. The van der Waals surface area contributed by atoms with Gasteiger partial charge in [0.05, 0.1) is 6.20 Å². The van der Waals surface area contributed by atoms with E-state index < -0.39 is 0 Å². The molecule has 1 aliphatic heterocycles. The van der Waals surface area contributed by atoms with Gasteiger partial charge in [-0.1, -0.05) is 0 Å². The molecular formula is C12H21N3O. The fourth-order valence-corrected chi connectivity index (χ4v) is 2.18. The Hall–Kier alpha value is -0.870. The van der Waals surface area contributed by atoms with Crippen LogP contribution in [0.5, 0.6) is 0 Å². The summed E-state index contributed by atoms with van der Waals surface area (Å²) in [5.74, 6) is 0. The molecule has 1 saturated heterocycles. The predicted molar refractivity (Wildman–Crippen MR) is 63.2 cm³/mol. The minimum Gasteiger partial charge on any atom is -0.381 e. The highest BCUT2D eigenvalue weighted by molar-refractivity contribution is 5.15. The Bertz CT molecular complexity index is 340. The molecule has 0 bridgehead atoms. The van der Waals surface area contributed by atoms with Crippen LogP contribution >= 0.6 is 0 Å². The zero-order valence-corrected chi connectivity index (χ0v) is 10.4. The third-order valence-corrected chi connectivity index (χ3v) is 3.21. The van der Waals surface area contributed by atoms with Crippen molar-refractivity contribution in [3.63, 3.8) is 0 Å². The maximum absolute atomic E-state index is 5.37. The van der Waals surface area contributed by atoms with Gasteiger partial charge in [-0.25, -0.2) is 0 Å². The Morgan fingerprint density at radius 1 is 1.44 bits per heavy atom. The Labute approximate surface area is 97.0 Å². The van der Waals surface area contributed by atoms with E-state index in [2.05, 4.69) is 30.5 Å². The van der Waals surface area contributed by atoms with E-state index in [1.54, 1.807) is 0 Å². The molecular weight excluding hydrogens is 202 g/mol. The maximum Gasteiger partial charge on any atom is 0.0540 e. The SMILES string of the molecule is Cn1cc(C(C)(C)NC2CCOCC2)cn1. The first kappa shape index (κ1) is 11.6. The van der Waals surface area contributed by atoms with Crippen LogP contribution in [0, 0.1) is 0 Å². The first-order valence-electron chi connectivity index (χ1n) is 5.92. The maximum atomic E-state index is 5.37. The average Bonchev–Trinajstić information content (AvgIpc) is 2.66. The second kappa shape index (κ2) is 4.55. The van der Waals surface area contributed by atoms with E-state index in [0.717, 1.165) is 26.1 Å². The van der Waals surface area contributed by atoms with Crippen molar-refractivity contribution < 1.29 is 4.74 Å². The summed E-state index contributed by atoms with van der Waals surface area (Å²) in [6, 6.07) is 0.559. The quantitative estimate of drug-likeness (QED) is 0.842. The normalized spacial score (nSPS) is 18.9. The lowest BCUT2D eigenvalue weighted by Crippen LogP contribution is -2.46. The summed E-state index contributed by atoms with van der Waals surface area (Å²) in [5.41, 5.74) is 1.22. The summed E-state index contributed by atoms with van der Waals surface area (Å²) < 4.78 is 7.22. The van der Waals surface area contributed by atoms with Crippen LogP contribution in [0.25, 0.3) is 0 Å². The van der Waals surface area contributed by atoms with Crippen molar-refractivity contribution in [2.24, 2.45) is 7.05 Å². The molecule has 1 aromatic rings. The number of aromatic nitrogens is 2. The van der Waals surface area contributed by atoms with Crippen molar-refractivity contribution >= 4 is 0 Å². The molecule has 0 atom stereocenters. The fraction of sp³-hybridized carbons (Fsp3) is 0.750. The monoisotopic (exact) mass is 223 g/mol. The number of ether oxygens (including phenoxy) is 1. The summed E-state index contributed by atoms with van der Waals surface area (Å²) in [6.07, 6.45) is 6.21. The Kier molecular flexibility index (Phi) is 3.30. The highest BCUT2D eigenvalue weighted by Gasteiger charge is 2.26. The molecule has 16 heavy (non-hydrogen) atoms. The van der Waals surface area contributed by atoms with E-state index in [4.69, 9.17) is 4.74 Å².